The van der Waals surface area contributed by atoms with Gasteiger partial charge in [-0.25, -0.2) is 4.68 Å². The first-order chi connectivity index (χ1) is 15.0. The van der Waals surface area contributed by atoms with Gasteiger partial charge in [0, 0.05) is 23.8 Å². The van der Waals surface area contributed by atoms with Crippen molar-refractivity contribution in [2.24, 2.45) is 0 Å². The number of aromatic nitrogens is 4. The number of carbonyl (C=O) groups excluding carboxylic acids is 1. The van der Waals surface area contributed by atoms with Gasteiger partial charge < -0.3 is 4.90 Å². The van der Waals surface area contributed by atoms with Gasteiger partial charge in [-0.3, -0.25) is 9.78 Å². The predicted octanol–water partition coefficient (Wildman–Crippen LogP) is 4.84. The summed E-state index contributed by atoms with van der Waals surface area (Å²) in [5.41, 5.74) is 6.28. The van der Waals surface area contributed by atoms with Crippen LogP contribution in [0.4, 0.5) is 5.69 Å². The summed E-state index contributed by atoms with van der Waals surface area (Å²) in [5.74, 6) is 0.364. The summed E-state index contributed by atoms with van der Waals surface area (Å²) in [6.07, 6.45) is 3.70. The molecule has 6 heteroatoms. The van der Waals surface area contributed by atoms with Crippen LogP contribution in [-0.4, -0.2) is 32.4 Å². The predicted molar refractivity (Wildman–Crippen MR) is 122 cm³/mol. The molecule has 3 heterocycles. The molecule has 0 aliphatic carbocycles. The van der Waals surface area contributed by atoms with Crippen molar-refractivity contribution in [3.05, 3.63) is 77.2 Å². The van der Waals surface area contributed by atoms with Crippen LogP contribution >= 0.6 is 0 Å². The van der Waals surface area contributed by atoms with Gasteiger partial charge >= 0.3 is 0 Å². The summed E-state index contributed by atoms with van der Waals surface area (Å²) >= 11 is 0. The van der Waals surface area contributed by atoms with Gasteiger partial charge in [0.1, 0.15) is 0 Å². The molecule has 0 bridgehead atoms. The van der Waals surface area contributed by atoms with E-state index in [4.69, 9.17) is 0 Å². The largest absolute Gasteiger partial charge is 0.307 e. The number of carbonyl (C=O) groups is 1. The summed E-state index contributed by atoms with van der Waals surface area (Å²) in [6, 6.07) is 16.3. The van der Waals surface area contributed by atoms with E-state index in [1.165, 1.54) is 11.1 Å². The van der Waals surface area contributed by atoms with Crippen molar-refractivity contribution in [1.29, 1.82) is 0 Å². The Morgan fingerprint density at radius 2 is 1.90 bits per heavy atom. The maximum absolute atomic E-state index is 13.5. The SMILES string of the molecule is Cc1c(C(=O)N2CCCc3cc(C(C)C)ccc32)nnn1-c1cccc2cccnc12. The Labute approximate surface area is 181 Å². The van der Waals surface area contributed by atoms with Gasteiger partial charge in [-0.05, 0) is 55.0 Å². The van der Waals surface area contributed by atoms with Gasteiger partial charge in [-0.1, -0.05) is 49.4 Å². The standard InChI is InChI=1S/C25H25N5O/c1-16(2)19-11-12-21-20(15-19)9-6-14-29(21)25(31)23-17(3)30(28-27-23)22-10-4-7-18-8-5-13-26-24(18)22/h4-5,7-8,10-13,15-16H,6,9,14H2,1-3H3. The maximum atomic E-state index is 13.5. The topological polar surface area (TPSA) is 63.9 Å². The molecule has 156 valence electrons. The molecule has 1 aliphatic heterocycles. The highest BCUT2D eigenvalue weighted by Crippen LogP contribution is 2.31. The zero-order chi connectivity index (χ0) is 21.5. The van der Waals surface area contributed by atoms with E-state index in [2.05, 4.69) is 47.3 Å². The smallest absolute Gasteiger partial charge is 0.280 e. The molecule has 6 nitrogen and oxygen atoms in total. The monoisotopic (exact) mass is 411 g/mol. The van der Waals surface area contributed by atoms with Gasteiger partial charge in [-0.2, -0.15) is 0 Å². The summed E-state index contributed by atoms with van der Waals surface area (Å²) in [5, 5.41) is 9.63. The van der Waals surface area contributed by atoms with Gasteiger partial charge in [0.15, 0.2) is 5.69 Å². The number of rotatable bonds is 3. The molecule has 0 atom stereocenters. The normalized spacial score (nSPS) is 13.6. The minimum absolute atomic E-state index is 0.102. The molecule has 0 N–H and O–H groups in total. The first-order valence-corrected chi connectivity index (χ1v) is 10.8. The minimum Gasteiger partial charge on any atom is -0.307 e. The van der Waals surface area contributed by atoms with Crippen LogP contribution in [0.25, 0.3) is 16.6 Å². The second-order valence-electron chi connectivity index (χ2n) is 8.39. The molecular weight excluding hydrogens is 386 g/mol. The Morgan fingerprint density at radius 1 is 1.06 bits per heavy atom. The molecule has 0 unspecified atom stereocenters. The Balaban J connectivity index is 1.53. The van der Waals surface area contributed by atoms with Crippen molar-refractivity contribution < 1.29 is 4.79 Å². The van der Waals surface area contributed by atoms with E-state index in [1.807, 2.05) is 42.2 Å². The summed E-state index contributed by atoms with van der Waals surface area (Å²) in [4.78, 5) is 19.9. The number of amides is 1. The first-order valence-electron chi connectivity index (χ1n) is 10.8. The molecule has 1 aliphatic rings. The van der Waals surface area contributed by atoms with Crippen LogP contribution in [0.5, 0.6) is 0 Å². The molecule has 5 rings (SSSR count). The second-order valence-corrected chi connectivity index (χ2v) is 8.39. The molecule has 2 aromatic heterocycles. The lowest BCUT2D eigenvalue weighted by Crippen LogP contribution is -2.36. The first kappa shape index (κ1) is 19.4. The van der Waals surface area contributed by atoms with E-state index >= 15 is 0 Å². The summed E-state index contributed by atoms with van der Waals surface area (Å²) < 4.78 is 1.72. The van der Waals surface area contributed by atoms with E-state index in [-0.39, 0.29) is 5.91 Å². The average Bonchev–Trinajstić information content (AvgIpc) is 3.18. The quantitative estimate of drug-likeness (QED) is 0.484. The van der Waals surface area contributed by atoms with Gasteiger partial charge in [-0.15, -0.1) is 5.10 Å². The Morgan fingerprint density at radius 3 is 2.74 bits per heavy atom. The molecule has 0 spiro atoms. The molecule has 0 saturated heterocycles. The molecule has 4 aromatic rings. The van der Waals surface area contributed by atoms with Crippen LogP contribution in [0.1, 0.15) is 53.5 Å². The zero-order valence-electron chi connectivity index (χ0n) is 18.0. The molecule has 0 saturated carbocycles. The van der Waals surface area contributed by atoms with Crippen LogP contribution in [-0.2, 0) is 6.42 Å². The average molecular weight is 412 g/mol. The number of anilines is 1. The number of fused-ring (bicyclic) bond motifs is 2. The van der Waals surface area contributed by atoms with Crippen LogP contribution < -0.4 is 4.90 Å². The summed E-state index contributed by atoms with van der Waals surface area (Å²) in [7, 11) is 0. The number of pyridine rings is 1. The lowest BCUT2D eigenvalue weighted by molar-refractivity contribution is 0.0979. The van der Waals surface area contributed by atoms with Crippen molar-refractivity contribution in [2.45, 2.75) is 39.5 Å². The van der Waals surface area contributed by atoms with Crippen LogP contribution in [0.3, 0.4) is 0 Å². The highest BCUT2D eigenvalue weighted by molar-refractivity contribution is 6.06. The number of hydrogen-bond donors (Lipinski definition) is 0. The van der Waals surface area contributed by atoms with Crippen molar-refractivity contribution >= 4 is 22.5 Å². The molecular formula is C25H25N5O. The Kier molecular flexibility index (Phi) is 4.77. The maximum Gasteiger partial charge on any atom is 0.280 e. The van der Waals surface area contributed by atoms with Gasteiger partial charge in [0.05, 0.1) is 16.9 Å². The summed E-state index contributed by atoms with van der Waals surface area (Å²) in [6.45, 7) is 6.96. The van der Waals surface area contributed by atoms with Crippen molar-refractivity contribution in [3.63, 3.8) is 0 Å². The minimum atomic E-state index is -0.102. The van der Waals surface area contributed by atoms with E-state index in [9.17, 15) is 4.79 Å². The molecule has 0 fully saturated rings. The molecule has 0 radical (unpaired) electrons. The lowest BCUT2D eigenvalue weighted by Gasteiger charge is -2.29. The number of benzene rings is 2. The van der Waals surface area contributed by atoms with Gasteiger partial charge in [0.25, 0.3) is 5.91 Å². The molecule has 1 amide bonds. The van der Waals surface area contributed by atoms with Crippen LogP contribution in [0.15, 0.2) is 54.7 Å². The third-order valence-corrected chi connectivity index (χ3v) is 6.07. The van der Waals surface area contributed by atoms with E-state index < -0.39 is 0 Å². The van der Waals surface area contributed by atoms with E-state index in [1.54, 1.807) is 10.9 Å². The van der Waals surface area contributed by atoms with Crippen molar-refractivity contribution in [2.75, 3.05) is 11.4 Å². The number of para-hydroxylation sites is 1. The fourth-order valence-electron chi connectivity index (χ4n) is 4.33. The zero-order valence-corrected chi connectivity index (χ0v) is 18.0. The Bertz CT molecular complexity index is 1290. The van der Waals surface area contributed by atoms with Gasteiger partial charge in [0.2, 0.25) is 0 Å². The highest BCUT2D eigenvalue weighted by atomic mass is 16.2. The third kappa shape index (κ3) is 3.28. The molecule has 31 heavy (non-hydrogen) atoms. The van der Waals surface area contributed by atoms with Crippen LogP contribution in [0.2, 0.25) is 0 Å². The van der Waals surface area contributed by atoms with E-state index in [0.717, 1.165) is 35.1 Å². The third-order valence-electron chi connectivity index (χ3n) is 6.07. The number of nitrogens with zero attached hydrogens (tertiary/aromatic N) is 5. The lowest BCUT2D eigenvalue weighted by atomic mass is 9.94. The van der Waals surface area contributed by atoms with E-state index in [0.29, 0.717) is 23.9 Å². The fraction of sp³-hybridized carbons (Fsp3) is 0.280. The highest BCUT2D eigenvalue weighted by Gasteiger charge is 2.28. The van der Waals surface area contributed by atoms with Crippen molar-refractivity contribution in [1.82, 2.24) is 20.0 Å². The molecule has 2 aromatic carbocycles. The number of aryl methyl sites for hydroxylation is 1. The second kappa shape index (κ2) is 7.61. The fourth-order valence-corrected chi connectivity index (χ4v) is 4.33. The van der Waals surface area contributed by atoms with Crippen molar-refractivity contribution in [3.8, 4) is 5.69 Å². The Hall–Kier alpha value is -3.54. The number of hydrogen-bond acceptors (Lipinski definition) is 4. The van der Waals surface area contributed by atoms with Crippen LogP contribution in [0, 0.1) is 6.92 Å².